The molecule has 2 heterocycles. The van der Waals surface area contributed by atoms with E-state index in [9.17, 15) is 4.79 Å². The van der Waals surface area contributed by atoms with Gasteiger partial charge in [0.1, 0.15) is 6.61 Å². The van der Waals surface area contributed by atoms with Gasteiger partial charge in [-0.25, -0.2) is 0 Å². The van der Waals surface area contributed by atoms with E-state index < -0.39 is 0 Å². The van der Waals surface area contributed by atoms with Gasteiger partial charge in [-0.3, -0.25) is 9.78 Å². The minimum Gasteiger partial charge on any atom is -0.490 e. The van der Waals surface area contributed by atoms with Crippen molar-refractivity contribution in [2.24, 2.45) is 11.1 Å². The first-order valence-corrected chi connectivity index (χ1v) is 9.74. The van der Waals surface area contributed by atoms with Crippen LogP contribution in [-0.2, 0) is 6.61 Å². The Hall–Kier alpha value is -2.02. The lowest BCUT2D eigenvalue weighted by Gasteiger charge is -2.42. The van der Waals surface area contributed by atoms with Gasteiger partial charge in [0.2, 0.25) is 0 Å². The van der Waals surface area contributed by atoms with Crippen LogP contribution in [0, 0.1) is 5.41 Å². The maximum absolute atomic E-state index is 13.0. The van der Waals surface area contributed by atoms with Crippen LogP contribution in [0.25, 0.3) is 0 Å². The van der Waals surface area contributed by atoms with Crippen molar-refractivity contribution in [1.82, 2.24) is 9.88 Å². The average Bonchev–Trinajstić information content (AvgIpc) is 2.69. The lowest BCUT2D eigenvalue weighted by Crippen LogP contribution is -2.54. The standard InChI is InChI=1S/C22H29N3O3.2ClH/c1-4-27-19-12-17(21(26)25-11-9-20(23)22(2,3)15-25)7-8-18(19)28-14-16-6-5-10-24-13-16;;/h5-8,10,12-13,20H,4,9,11,14-15,23H2,1-3H3;2*1H. The van der Waals surface area contributed by atoms with E-state index in [2.05, 4.69) is 18.8 Å². The van der Waals surface area contributed by atoms with Gasteiger partial charge in [0.25, 0.3) is 5.91 Å². The van der Waals surface area contributed by atoms with Crippen LogP contribution < -0.4 is 15.2 Å². The van der Waals surface area contributed by atoms with E-state index in [0.29, 0.717) is 43.4 Å². The number of aromatic nitrogens is 1. The molecule has 1 unspecified atom stereocenters. The van der Waals surface area contributed by atoms with Gasteiger partial charge in [0.05, 0.1) is 6.61 Å². The van der Waals surface area contributed by atoms with Gasteiger partial charge in [-0.1, -0.05) is 19.9 Å². The molecule has 1 aromatic carbocycles. The topological polar surface area (TPSA) is 77.7 Å². The van der Waals surface area contributed by atoms with Crippen molar-refractivity contribution < 1.29 is 14.3 Å². The molecule has 2 aromatic rings. The highest BCUT2D eigenvalue weighted by atomic mass is 35.5. The molecule has 1 aliphatic rings. The smallest absolute Gasteiger partial charge is 0.254 e. The normalized spacial score (nSPS) is 17.3. The summed E-state index contributed by atoms with van der Waals surface area (Å²) in [5, 5.41) is 0. The molecule has 1 atom stereocenters. The molecule has 1 fully saturated rings. The van der Waals surface area contributed by atoms with E-state index in [1.54, 1.807) is 30.6 Å². The number of nitrogens with two attached hydrogens (primary N) is 1. The number of nitrogens with zero attached hydrogens (tertiary/aromatic N) is 2. The molecule has 8 heteroatoms. The number of hydrogen-bond acceptors (Lipinski definition) is 5. The zero-order valence-electron chi connectivity index (χ0n) is 17.7. The fourth-order valence-electron chi connectivity index (χ4n) is 3.40. The molecule has 166 valence electrons. The Bertz CT molecular complexity index is 819. The largest absolute Gasteiger partial charge is 0.490 e. The predicted octanol–water partition coefficient (Wildman–Crippen LogP) is 4.10. The van der Waals surface area contributed by atoms with Crippen LogP contribution in [0.3, 0.4) is 0 Å². The van der Waals surface area contributed by atoms with Crippen molar-refractivity contribution in [3.63, 3.8) is 0 Å². The summed E-state index contributed by atoms with van der Waals surface area (Å²) in [5.74, 6) is 1.19. The summed E-state index contributed by atoms with van der Waals surface area (Å²) in [6.07, 6.45) is 4.30. The minimum atomic E-state index is -0.0938. The number of carbonyl (C=O) groups is 1. The van der Waals surface area contributed by atoms with E-state index >= 15 is 0 Å². The van der Waals surface area contributed by atoms with E-state index in [-0.39, 0.29) is 42.2 Å². The lowest BCUT2D eigenvalue weighted by molar-refractivity contribution is 0.0532. The Morgan fingerprint density at radius 1 is 1.23 bits per heavy atom. The molecule has 0 radical (unpaired) electrons. The monoisotopic (exact) mass is 455 g/mol. The molecule has 30 heavy (non-hydrogen) atoms. The van der Waals surface area contributed by atoms with E-state index in [1.807, 2.05) is 24.0 Å². The molecule has 0 saturated carbocycles. The molecule has 0 aliphatic carbocycles. The summed E-state index contributed by atoms with van der Waals surface area (Å²) in [7, 11) is 0. The van der Waals surface area contributed by atoms with Gasteiger partial charge in [0, 0.05) is 42.7 Å². The van der Waals surface area contributed by atoms with Crippen molar-refractivity contribution in [2.75, 3.05) is 19.7 Å². The third-order valence-corrected chi connectivity index (χ3v) is 5.21. The number of likely N-dealkylation sites (tertiary alicyclic amines) is 1. The Balaban J connectivity index is 0.00000225. The number of benzene rings is 1. The van der Waals surface area contributed by atoms with Gasteiger partial charge in [-0.05, 0) is 43.0 Å². The summed E-state index contributed by atoms with van der Waals surface area (Å²) in [4.78, 5) is 19.0. The number of ether oxygens (including phenoxy) is 2. The average molecular weight is 456 g/mol. The first kappa shape index (κ1) is 26.0. The fourth-order valence-corrected chi connectivity index (χ4v) is 3.40. The van der Waals surface area contributed by atoms with E-state index in [1.165, 1.54) is 0 Å². The van der Waals surface area contributed by atoms with Crippen LogP contribution in [0.4, 0.5) is 0 Å². The maximum atomic E-state index is 13.0. The summed E-state index contributed by atoms with van der Waals surface area (Å²) in [6, 6.07) is 9.30. The van der Waals surface area contributed by atoms with Crippen molar-refractivity contribution >= 4 is 30.7 Å². The number of pyridine rings is 1. The fraction of sp³-hybridized carbons (Fsp3) is 0.455. The highest BCUT2D eigenvalue weighted by Gasteiger charge is 2.35. The number of carbonyl (C=O) groups excluding carboxylic acids is 1. The zero-order valence-corrected chi connectivity index (χ0v) is 19.3. The van der Waals surface area contributed by atoms with Gasteiger partial charge in [0.15, 0.2) is 11.5 Å². The van der Waals surface area contributed by atoms with Crippen molar-refractivity contribution in [2.45, 2.75) is 39.8 Å². The van der Waals surface area contributed by atoms with Gasteiger partial charge < -0.3 is 20.1 Å². The third kappa shape index (κ3) is 6.24. The quantitative estimate of drug-likeness (QED) is 0.708. The molecular weight excluding hydrogens is 425 g/mol. The molecular formula is C22H31Cl2N3O3. The molecule has 0 bridgehead atoms. The molecule has 0 spiro atoms. The number of halogens is 2. The van der Waals surface area contributed by atoms with Crippen LogP contribution in [-0.4, -0.2) is 41.5 Å². The number of rotatable bonds is 6. The first-order chi connectivity index (χ1) is 13.4. The van der Waals surface area contributed by atoms with Crippen LogP contribution in [0.2, 0.25) is 0 Å². The van der Waals surface area contributed by atoms with Crippen LogP contribution >= 0.6 is 24.8 Å². The minimum absolute atomic E-state index is 0. The van der Waals surface area contributed by atoms with E-state index in [4.69, 9.17) is 15.2 Å². The molecule has 1 aliphatic heterocycles. The molecule has 2 N–H and O–H groups in total. The highest BCUT2D eigenvalue weighted by molar-refractivity contribution is 5.95. The number of amides is 1. The Kier molecular flexibility index (Phi) is 9.88. The SMILES string of the molecule is CCOc1cc(C(=O)N2CCC(N)C(C)(C)C2)ccc1OCc1cccnc1.Cl.Cl. The van der Waals surface area contributed by atoms with Crippen LogP contribution in [0.15, 0.2) is 42.7 Å². The third-order valence-electron chi connectivity index (χ3n) is 5.21. The highest BCUT2D eigenvalue weighted by Crippen LogP contribution is 2.32. The van der Waals surface area contributed by atoms with Gasteiger partial charge in [-0.15, -0.1) is 24.8 Å². The second-order valence-corrected chi connectivity index (χ2v) is 7.85. The van der Waals surface area contributed by atoms with E-state index in [0.717, 1.165) is 12.0 Å². The first-order valence-electron chi connectivity index (χ1n) is 9.74. The molecule has 1 saturated heterocycles. The number of hydrogen-bond donors (Lipinski definition) is 1. The van der Waals surface area contributed by atoms with Crippen molar-refractivity contribution in [3.8, 4) is 11.5 Å². The molecule has 1 aromatic heterocycles. The van der Waals surface area contributed by atoms with Gasteiger partial charge in [-0.2, -0.15) is 0 Å². The molecule has 3 rings (SSSR count). The van der Waals surface area contributed by atoms with Gasteiger partial charge >= 0.3 is 0 Å². The van der Waals surface area contributed by atoms with Crippen molar-refractivity contribution in [3.05, 3.63) is 53.9 Å². The summed E-state index contributed by atoms with van der Waals surface area (Å²) in [6.45, 7) is 8.33. The summed E-state index contributed by atoms with van der Waals surface area (Å²) in [5.41, 5.74) is 7.68. The van der Waals surface area contributed by atoms with Crippen LogP contribution in [0.1, 0.15) is 43.1 Å². The molecule has 6 nitrogen and oxygen atoms in total. The Labute approximate surface area is 191 Å². The lowest BCUT2D eigenvalue weighted by atomic mass is 9.79. The molecule has 1 amide bonds. The van der Waals surface area contributed by atoms with Crippen molar-refractivity contribution in [1.29, 1.82) is 0 Å². The Morgan fingerprint density at radius 3 is 2.63 bits per heavy atom. The maximum Gasteiger partial charge on any atom is 0.254 e. The predicted molar refractivity (Wildman–Crippen MR) is 123 cm³/mol. The Morgan fingerprint density at radius 2 is 2.00 bits per heavy atom. The second-order valence-electron chi connectivity index (χ2n) is 7.85. The number of piperidine rings is 1. The summed E-state index contributed by atoms with van der Waals surface area (Å²) >= 11 is 0. The summed E-state index contributed by atoms with van der Waals surface area (Å²) < 4.78 is 11.6. The van der Waals surface area contributed by atoms with Crippen LogP contribution in [0.5, 0.6) is 11.5 Å². The second kappa shape index (κ2) is 11.4. The zero-order chi connectivity index (χ0) is 20.1.